The number of aryl methyl sites for hydroxylation is 1. The Morgan fingerprint density at radius 3 is 2.85 bits per heavy atom. The Labute approximate surface area is 161 Å². The largest absolute Gasteiger partial charge is 0.466 e. The Morgan fingerprint density at radius 1 is 1.22 bits per heavy atom. The summed E-state index contributed by atoms with van der Waals surface area (Å²) >= 11 is 0. The average Bonchev–Trinajstić information content (AvgIpc) is 3.18. The van der Waals surface area contributed by atoms with Crippen LogP contribution in [0.3, 0.4) is 0 Å². The number of carbonyl (C=O) groups is 2. The van der Waals surface area contributed by atoms with Crippen LogP contribution in [0.1, 0.15) is 54.0 Å². The van der Waals surface area contributed by atoms with Crippen molar-refractivity contribution < 1.29 is 21.8 Å². The molecule has 0 bridgehead atoms. The second kappa shape index (κ2) is 9.77. The van der Waals surface area contributed by atoms with Crippen molar-refractivity contribution in [3.05, 3.63) is 5.82 Å². The molecule has 9 nitrogen and oxygen atoms in total. The number of hydrogen-bond acceptors (Lipinski definition) is 8. The molecule has 2 N–H and O–H groups in total. The van der Waals surface area contributed by atoms with E-state index in [1.54, 1.807) is 0 Å². The number of ether oxygens (including phenoxy) is 2. The molecule has 1 aliphatic heterocycles. The Kier molecular flexibility index (Phi) is 6.19. The average molecular weight is 381 g/mol. The van der Waals surface area contributed by atoms with Gasteiger partial charge in [0.1, 0.15) is 6.04 Å². The lowest BCUT2D eigenvalue weighted by atomic mass is 9.69. The number of nitrogens with one attached hydrogen (secondary N) is 2. The van der Waals surface area contributed by atoms with Gasteiger partial charge in [0.25, 0.3) is 0 Å². The third kappa shape index (κ3) is 5.98. The van der Waals surface area contributed by atoms with Gasteiger partial charge in [-0.1, -0.05) is 11.6 Å². The summed E-state index contributed by atoms with van der Waals surface area (Å²) in [5, 5.41) is 16.9. The fourth-order valence-corrected chi connectivity index (χ4v) is 3.97. The van der Waals surface area contributed by atoms with E-state index in [-0.39, 0.29) is 31.0 Å². The standard InChI is InChI=1S/C18H29N5O4/c1-12(24)26-7-2-8-27-18(25)16-10-15-9-13(3-5-14(15)11-19-16)4-6-17-20-22-23-21-17/h13-16,19H,2-11H2,1H3,(H,20,21,22,23)/t13-,14+,15-,16+/m1/s1/i11D2. The van der Waals surface area contributed by atoms with Crippen LogP contribution < -0.4 is 5.32 Å². The first-order chi connectivity index (χ1) is 13.8. The zero-order valence-electron chi connectivity index (χ0n) is 17.6. The maximum atomic E-state index is 12.4. The molecule has 3 rings (SSSR count). The zero-order chi connectivity index (χ0) is 20.9. The highest BCUT2D eigenvalue weighted by atomic mass is 16.5. The number of nitrogens with zero attached hydrogens (tertiary/aromatic N) is 3. The molecule has 1 aliphatic carbocycles. The molecule has 1 saturated carbocycles. The molecular weight excluding hydrogens is 350 g/mol. The summed E-state index contributed by atoms with van der Waals surface area (Å²) in [4.78, 5) is 23.2. The second-order valence-electron chi connectivity index (χ2n) is 7.35. The zero-order valence-corrected chi connectivity index (χ0v) is 15.6. The summed E-state index contributed by atoms with van der Waals surface area (Å²) in [6, 6.07) is -0.657. The molecule has 0 amide bonds. The molecule has 9 heteroatoms. The topological polar surface area (TPSA) is 119 Å². The van der Waals surface area contributed by atoms with Crippen molar-refractivity contribution in [2.45, 2.75) is 57.9 Å². The highest BCUT2D eigenvalue weighted by Gasteiger charge is 2.38. The first-order valence-corrected chi connectivity index (χ1v) is 9.65. The maximum Gasteiger partial charge on any atom is 0.323 e. The van der Waals surface area contributed by atoms with Gasteiger partial charge in [-0.3, -0.25) is 9.59 Å². The van der Waals surface area contributed by atoms with Crippen LogP contribution in [-0.4, -0.2) is 58.3 Å². The number of hydrogen-bond donors (Lipinski definition) is 2. The van der Waals surface area contributed by atoms with Crippen molar-refractivity contribution in [2.75, 3.05) is 19.7 Å². The van der Waals surface area contributed by atoms with Crippen LogP contribution in [0, 0.1) is 17.8 Å². The number of esters is 2. The minimum absolute atomic E-state index is 0.100. The second-order valence-corrected chi connectivity index (χ2v) is 7.35. The van der Waals surface area contributed by atoms with Gasteiger partial charge >= 0.3 is 11.9 Å². The number of rotatable bonds is 8. The Balaban J connectivity index is 1.49. The van der Waals surface area contributed by atoms with Gasteiger partial charge in [0.15, 0.2) is 5.82 Å². The Hall–Kier alpha value is -2.03. The summed E-state index contributed by atoms with van der Waals surface area (Å²) in [6.45, 7) is 0.0854. The van der Waals surface area contributed by atoms with Crippen molar-refractivity contribution in [1.29, 1.82) is 0 Å². The molecule has 0 radical (unpaired) electrons. The van der Waals surface area contributed by atoms with E-state index in [9.17, 15) is 9.59 Å². The summed E-state index contributed by atoms with van der Waals surface area (Å²) in [6.07, 6.45) is 5.33. The number of aromatic amines is 1. The predicted octanol–water partition coefficient (Wildman–Crippen LogP) is 1.02. The van der Waals surface area contributed by atoms with Gasteiger partial charge in [0.05, 0.1) is 13.2 Å². The van der Waals surface area contributed by atoms with Crippen LogP contribution in [-0.2, 0) is 25.5 Å². The van der Waals surface area contributed by atoms with Crippen LogP contribution in [0.5, 0.6) is 0 Å². The van der Waals surface area contributed by atoms with Gasteiger partial charge in [0, 0.05) is 22.5 Å². The summed E-state index contributed by atoms with van der Waals surface area (Å²) in [5.41, 5.74) is 0. The van der Waals surface area contributed by atoms with Crippen LogP contribution in [0.4, 0.5) is 0 Å². The highest BCUT2D eigenvalue weighted by Crippen LogP contribution is 2.40. The number of piperidine rings is 1. The van der Waals surface area contributed by atoms with E-state index < -0.39 is 18.5 Å². The third-order valence-electron chi connectivity index (χ3n) is 5.36. The van der Waals surface area contributed by atoms with Crippen LogP contribution in [0.15, 0.2) is 0 Å². The lowest BCUT2D eigenvalue weighted by molar-refractivity contribution is -0.148. The fraction of sp³-hybridized carbons (Fsp3) is 0.833. The molecule has 2 fully saturated rings. The number of carbonyl (C=O) groups excluding carboxylic acids is 2. The van der Waals surface area contributed by atoms with Gasteiger partial charge in [0.2, 0.25) is 0 Å². The summed E-state index contributed by atoms with van der Waals surface area (Å²) in [7, 11) is 0. The van der Waals surface area contributed by atoms with E-state index >= 15 is 0 Å². The van der Waals surface area contributed by atoms with Crippen LogP contribution >= 0.6 is 0 Å². The first kappa shape index (κ1) is 17.1. The molecule has 1 saturated heterocycles. The molecule has 2 heterocycles. The van der Waals surface area contributed by atoms with Crippen molar-refractivity contribution in [3.8, 4) is 0 Å². The van der Waals surface area contributed by atoms with E-state index in [2.05, 4.69) is 25.9 Å². The molecule has 1 aromatic heterocycles. The third-order valence-corrected chi connectivity index (χ3v) is 5.36. The molecule has 0 unspecified atom stereocenters. The molecule has 4 atom stereocenters. The highest BCUT2D eigenvalue weighted by molar-refractivity contribution is 5.76. The molecule has 1 aromatic rings. The van der Waals surface area contributed by atoms with E-state index in [1.165, 1.54) is 6.92 Å². The van der Waals surface area contributed by atoms with E-state index in [4.69, 9.17) is 12.2 Å². The number of H-pyrrole nitrogens is 1. The minimum Gasteiger partial charge on any atom is -0.466 e. The van der Waals surface area contributed by atoms with Gasteiger partial charge in [-0.2, -0.15) is 5.21 Å². The lowest BCUT2D eigenvalue weighted by Crippen LogP contribution is -2.50. The SMILES string of the molecule is [2H]C1([2H])N[C@H](C(=O)OCCCOC(C)=O)C[C@H]2C[C@@H](CCc3nn[nH]n3)CC[C@H]21. The number of aromatic nitrogens is 4. The van der Waals surface area contributed by atoms with Gasteiger partial charge in [-0.25, -0.2) is 0 Å². The fourth-order valence-electron chi connectivity index (χ4n) is 3.97. The Morgan fingerprint density at radius 2 is 2.07 bits per heavy atom. The van der Waals surface area contributed by atoms with Crippen molar-refractivity contribution in [1.82, 2.24) is 25.9 Å². The number of tetrazole rings is 1. The normalized spacial score (nSPS) is 30.6. The quantitative estimate of drug-likeness (QED) is 0.506. The van der Waals surface area contributed by atoms with Crippen LogP contribution in [0.25, 0.3) is 0 Å². The summed E-state index contributed by atoms with van der Waals surface area (Å²) < 4.78 is 26.9. The maximum absolute atomic E-state index is 12.4. The van der Waals surface area contributed by atoms with Crippen molar-refractivity contribution in [3.63, 3.8) is 0 Å². The molecular formula is C18H29N5O4. The molecule has 150 valence electrons. The van der Waals surface area contributed by atoms with E-state index in [1.807, 2.05) is 0 Å². The lowest BCUT2D eigenvalue weighted by Gasteiger charge is -2.42. The molecule has 27 heavy (non-hydrogen) atoms. The predicted molar refractivity (Wildman–Crippen MR) is 95.4 cm³/mol. The smallest absolute Gasteiger partial charge is 0.323 e. The van der Waals surface area contributed by atoms with Crippen molar-refractivity contribution in [2.24, 2.45) is 17.8 Å². The molecule has 0 spiro atoms. The monoisotopic (exact) mass is 381 g/mol. The molecule has 2 aliphatic rings. The van der Waals surface area contributed by atoms with Crippen LogP contribution in [0.2, 0.25) is 0 Å². The van der Waals surface area contributed by atoms with E-state index in [0.29, 0.717) is 24.6 Å². The van der Waals surface area contributed by atoms with Gasteiger partial charge in [-0.15, -0.1) is 10.2 Å². The number of fused-ring (bicyclic) bond motifs is 1. The molecule has 0 aromatic carbocycles. The van der Waals surface area contributed by atoms with Gasteiger partial charge < -0.3 is 14.8 Å². The van der Waals surface area contributed by atoms with Crippen molar-refractivity contribution >= 4 is 11.9 Å². The van der Waals surface area contributed by atoms with Gasteiger partial charge in [-0.05, 0) is 49.9 Å². The first-order valence-electron chi connectivity index (χ1n) is 10.6. The minimum atomic E-state index is -1.59. The van der Waals surface area contributed by atoms with E-state index in [0.717, 1.165) is 32.1 Å². The Bertz CT molecular complexity index is 688. The summed E-state index contributed by atoms with van der Waals surface area (Å²) in [5.74, 6) is 0.387.